The Morgan fingerprint density at radius 1 is 1.11 bits per heavy atom. The van der Waals surface area contributed by atoms with E-state index in [0.717, 1.165) is 38.7 Å². The van der Waals surface area contributed by atoms with Crippen molar-refractivity contribution in [3.05, 3.63) is 70.4 Å². The molecule has 140 valence electrons. The number of hydrogen-bond acceptors (Lipinski definition) is 2. The molecule has 1 atom stereocenters. The first kappa shape index (κ1) is 18.7. The number of carboxylic acids is 1. The van der Waals surface area contributed by atoms with Gasteiger partial charge in [0, 0.05) is 23.5 Å². The van der Waals surface area contributed by atoms with Crippen LogP contribution >= 0.6 is 0 Å². The van der Waals surface area contributed by atoms with Gasteiger partial charge in [0.1, 0.15) is 6.04 Å². The van der Waals surface area contributed by atoms with E-state index in [1.165, 1.54) is 0 Å². The molecule has 5 nitrogen and oxygen atoms in total. The average molecular weight is 364 g/mol. The number of hydrogen-bond donors (Lipinski definition) is 3. The second-order valence-corrected chi connectivity index (χ2v) is 7.08. The normalized spacial score (nSPS) is 12.1. The number of H-pyrrole nitrogens is 1. The molecule has 0 bridgehead atoms. The van der Waals surface area contributed by atoms with Gasteiger partial charge >= 0.3 is 5.97 Å². The summed E-state index contributed by atoms with van der Waals surface area (Å²) in [6.45, 7) is 5.97. The van der Waals surface area contributed by atoms with Crippen LogP contribution in [0.15, 0.2) is 42.6 Å². The number of nitrogens with one attached hydrogen (secondary N) is 2. The fraction of sp³-hybridized carbons (Fsp3) is 0.273. The first-order chi connectivity index (χ1) is 12.8. The van der Waals surface area contributed by atoms with E-state index in [0.29, 0.717) is 0 Å². The lowest BCUT2D eigenvalue weighted by atomic mass is 9.97. The van der Waals surface area contributed by atoms with Gasteiger partial charge in [0.2, 0.25) is 5.91 Å². The molecule has 1 unspecified atom stereocenters. The molecule has 5 heteroatoms. The fourth-order valence-corrected chi connectivity index (χ4v) is 3.62. The van der Waals surface area contributed by atoms with Crippen molar-refractivity contribution < 1.29 is 14.7 Å². The van der Waals surface area contributed by atoms with Crippen LogP contribution in [0.2, 0.25) is 0 Å². The third-order valence-electron chi connectivity index (χ3n) is 4.91. The van der Waals surface area contributed by atoms with Gasteiger partial charge in [-0.1, -0.05) is 35.9 Å². The molecular weight excluding hydrogens is 340 g/mol. The van der Waals surface area contributed by atoms with Gasteiger partial charge < -0.3 is 15.4 Å². The molecule has 0 aliphatic heterocycles. The van der Waals surface area contributed by atoms with Gasteiger partial charge in [-0.3, -0.25) is 4.79 Å². The number of para-hydroxylation sites is 1. The maximum atomic E-state index is 12.5. The van der Waals surface area contributed by atoms with Gasteiger partial charge in [-0.15, -0.1) is 0 Å². The Bertz CT molecular complexity index is 981. The van der Waals surface area contributed by atoms with Crippen molar-refractivity contribution in [2.24, 2.45) is 0 Å². The number of fused-ring (bicyclic) bond motifs is 1. The summed E-state index contributed by atoms with van der Waals surface area (Å²) >= 11 is 0. The van der Waals surface area contributed by atoms with E-state index in [-0.39, 0.29) is 18.7 Å². The Morgan fingerprint density at radius 2 is 1.78 bits per heavy atom. The second kappa shape index (κ2) is 7.66. The van der Waals surface area contributed by atoms with E-state index >= 15 is 0 Å². The van der Waals surface area contributed by atoms with Crippen molar-refractivity contribution in [1.29, 1.82) is 0 Å². The Kier molecular flexibility index (Phi) is 5.31. The molecule has 1 amide bonds. The zero-order valence-electron chi connectivity index (χ0n) is 15.8. The Hall–Kier alpha value is -3.08. The number of amides is 1. The predicted molar refractivity (Wildman–Crippen MR) is 106 cm³/mol. The number of aryl methyl sites for hydroxylation is 3. The second-order valence-electron chi connectivity index (χ2n) is 7.08. The SMILES string of the molecule is Cc1cc(C)c(CC(=O)NC(Cc2c[nH]c3ccccc23)C(=O)O)c(C)c1. The Labute approximate surface area is 158 Å². The van der Waals surface area contributed by atoms with Gasteiger partial charge in [-0.05, 0) is 49.1 Å². The lowest BCUT2D eigenvalue weighted by molar-refractivity contribution is -0.141. The molecule has 1 aromatic heterocycles. The number of carbonyl (C=O) groups excluding carboxylic acids is 1. The van der Waals surface area contributed by atoms with E-state index in [1.54, 1.807) is 6.20 Å². The topological polar surface area (TPSA) is 82.2 Å². The highest BCUT2D eigenvalue weighted by Gasteiger charge is 2.22. The maximum Gasteiger partial charge on any atom is 0.326 e. The van der Waals surface area contributed by atoms with Crippen molar-refractivity contribution in [2.45, 2.75) is 39.7 Å². The van der Waals surface area contributed by atoms with E-state index in [4.69, 9.17) is 0 Å². The molecule has 0 aliphatic rings. The minimum atomic E-state index is -1.04. The van der Waals surface area contributed by atoms with E-state index in [1.807, 2.05) is 57.2 Å². The number of benzene rings is 2. The third kappa shape index (κ3) is 4.19. The molecule has 0 saturated heterocycles. The van der Waals surface area contributed by atoms with Crippen LogP contribution in [0.4, 0.5) is 0 Å². The average Bonchev–Trinajstić information content (AvgIpc) is 3.00. The largest absolute Gasteiger partial charge is 0.480 e. The minimum absolute atomic E-state index is 0.176. The maximum absolute atomic E-state index is 12.5. The Morgan fingerprint density at radius 3 is 2.44 bits per heavy atom. The van der Waals surface area contributed by atoms with Crippen LogP contribution in [0.1, 0.15) is 27.8 Å². The monoisotopic (exact) mass is 364 g/mol. The summed E-state index contributed by atoms with van der Waals surface area (Å²) in [6.07, 6.45) is 2.22. The van der Waals surface area contributed by atoms with Crippen LogP contribution in [0.5, 0.6) is 0 Å². The third-order valence-corrected chi connectivity index (χ3v) is 4.91. The number of carbonyl (C=O) groups is 2. The van der Waals surface area contributed by atoms with E-state index < -0.39 is 12.0 Å². The van der Waals surface area contributed by atoms with Crippen LogP contribution < -0.4 is 5.32 Å². The van der Waals surface area contributed by atoms with Crippen molar-refractivity contribution >= 4 is 22.8 Å². The smallest absolute Gasteiger partial charge is 0.326 e. The highest BCUT2D eigenvalue weighted by molar-refractivity contribution is 5.87. The summed E-state index contributed by atoms with van der Waals surface area (Å²) in [6, 6.07) is 10.8. The molecular formula is C22H24N2O3. The predicted octanol–water partition coefficient (Wildman–Crippen LogP) is 3.45. The molecule has 27 heavy (non-hydrogen) atoms. The summed E-state index contributed by atoms with van der Waals surface area (Å²) in [4.78, 5) is 27.4. The van der Waals surface area contributed by atoms with Gasteiger partial charge in [0.25, 0.3) is 0 Å². The summed E-state index contributed by atoms with van der Waals surface area (Å²) in [7, 11) is 0. The van der Waals surface area contributed by atoms with Crippen molar-refractivity contribution in [3.8, 4) is 0 Å². The van der Waals surface area contributed by atoms with Gasteiger partial charge in [-0.2, -0.15) is 0 Å². The molecule has 3 rings (SSSR count). The summed E-state index contributed by atoms with van der Waals surface area (Å²) < 4.78 is 0. The fourth-order valence-electron chi connectivity index (χ4n) is 3.62. The summed E-state index contributed by atoms with van der Waals surface area (Å²) in [5.41, 5.74) is 6.03. The van der Waals surface area contributed by atoms with Crippen LogP contribution in [0.3, 0.4) is 0 Å². The molecule has 0 saturated carbocycles. The lowest BCUT2D eigenvalue weighted by Gasteiger charge is -2.16. The molecule has 3 N–H and O–H groups in total. The van der Waals surface area contributed by atoms with Crippen LogP contribution in [-0.4, -0.2) is 28.0 Å². The Balaban J connectivity index is 1.75. The van der Waals surface area contributed by atoms with Crippen LogP contribution in [-0.2, 0) is 22.4 Å². The number of aliphatic carboxylic acids is 1. The van der Waals surface area contributed by atoms with E-state index in [9.17, 15) is 14.7 Å². The first-order valence-corrected chi connectivity index (χ1v) is 8.99. The molecule has 0 fully saturated rings. The van der Waals surface area contributed by atoms with Crippen molar-refractivity contribution in [3.63, 3.8) is 0 Å². The molecule has 0 aliphatic carbocycles. The number of rotatable bonds is 6. The number of carboxylic acid groups (broad SMARTS) is 1. The molecule has 2 aromatic carbocycles. The van der Waals surface area contributed by atoms with Gasteiger partial charge in [0.15, 0.2) is 0 Å². The van der Waals surface area contributed by atoms with Crippen molar-refractivity contribution in [2.75, 3.05) is 0 Å². The quantitative estimate of drug-likeness (QED) is 0.626. The number of aromatic nitrogens is 1. The van der Waals surface area contributed by atoms with Crippen LogP contribution in [0, 0.1) is 20.8 Å². The molecule has 1 heterocycles. The summed E-state index contributed by atoms with van der Waals surface area (Å²) in [5, 5.41) is 13.2. The highest BCUT2D eigenvalue weighted by atomic mass is 16.4. The molecule has 0 radical (unpaired) electrons. The standard InChI is InChI=1S/C22H24N2O3/c1-13-8-14(2)18(15(3)9-13)11-21(25)24-20(22(26)27)10-16-12-23-19-7-5-4-6-17(16)19/h4-9,12,20,23H,10-11H2,1-3H3,(H,24,25)(H,26,27). The summed E-state index contributed by atoms with van der Waals surface area (Å²) in [5.74, 6) is -1.32. The first-order valence-electron chi connectivity index (χ1n) is 8.99. The zero-order chi connectivity index (χ0) is 19.6. The van der Waals surface area contributed by atoms with Gasteiger partial charge in [0.05, 0.1) is 6.42 Å². The van der Waals surface area contributed by atoms with Crippen LogP contribution in [0.25, 0.3) is 10.9 Å². The molecule has 3 aromatic rings. The minimum Gasteiger partial charge on any atom is -0.480 e. The molecule has 0 spiro atoms. The van der Waals surface area contributed by atoms with E-state index in [2.05, 4.69) is 10.3 Å². The van der Waals surface area contributed by atoms with Crippen molar-refractivity contribution in [1.82, 2.24) is 10.3 Å². The van der Waals surface area contributed by atoms with Gasteiger partial charge in [-0.25, -0.2) is 4.79 Å². The number of aromatic amines is 1. The zero-order valence-corrected chi connectivity index (χ0v) is 15.8. The highest BCUT2D eigenvalue weighted by Crippen LogP contribution is 2.20. The lowest BCUT2D eigenvalue weighted by Crippen LogP contribution is -2.43.